The van der Waals surface area contributed by atoms with Crippen LogP contribution < -0.4 is 10.6 Å². The lowest BCUT2D eigenvalue weighted by molar-refractivity contribution is -0.157. The van der Waals surface area contributed by atoms with Gasteiger partial charge in [-0.1, -0.05) is 5.11 Å². The van der Waals surface area contributed by atoms with E-state index < -0.39 is 29.3 Å². The Hall–Kier alpha value is -2.48. The number of carbonyl (C=O) groups is 3. The van der Waals surface area contributed by atoms with Crippen molar-refractivity contribution in [3.63, 3.8) is 0 Å². The molecule has 0 aliphatic carbocycles. The highest BCUT2D eigenvalue weighted by atomic mass is 16.6. The Morgan fingerprint density at radius 2 is 1.63 bits per heavy atom. The second-order valence-electron chi connectivity index (χ2n) is 7.97. The van der Waals surface area contributed by atoms with E-state index in [1.807, 2.05) is 0 Å². The molecule has 0 fully saturated rings. The number of alkyl carbamates (subject to hydrolysis) is 1. The largest absolute Gasteiger partial charge is 0.458 e. The van der Waals surface area contributed by atoms with Crippen molar-refractivity contribution in [2.75, 3.05) is 13.1 Å². The fraction of sp³-hybridized carbons (Fsp3) is 0.824. The highest BCUT2D eigenvalue weighted by molar-refractivity contribution is 5.81. The zero-order valence-electron chi connectivity index (χ0n) is 17.0. The van der Waals surface area contributed by atoms with Crippen LogP contribution in [0.1, 0.15) is 60.8 Å². The summed E-state index contributed by atoms with van der Waals surface area (Å²) in [5.74, 6) is -0.913. The van der Waals surface area contributed by atoms with Crippen LogP contribution in [0.5, 0.6) is 0 Å². The van der Waals surface area contributed by atoms with Crippen LogP contribution in [0, 0.1) is 0 Å². The number of esters is 1. The van der Waals surface area contributed by atoms with E-state index in [9.17, 15) is 14.4 Å². The Bertz CT molecular complexity index is 559. The molecule has 0 aromatic rings. The van der Waals surface area contributed by atoms with Crippen molar-refractivity contribution in [2.45, 2.75) is 78.0 Å². The van der Waals surface area contributed by atoms with Crippen molar-refractivity contribution in [2.24, 2.45) is 5.11 Å². The Kier molecular flexibility index (Phi) is 10.2. The molecular formula is C17H31N5O5. The fourth-order valence-corrected chi connectivity index (χ4v) is 1.92. The van der Waals surface area contributed by atoms with Crippen molar-refractivity contribution in [1.82, 2.24) is 10.6 Å². The molecular weight excluding hydrogens is 354 g/mol. The van der Waals surface area contributed by atoms with Gasteiger partial charge in [0.15, 0.2) is 0 Å². The van der Waals surface area contributed by atoms with Gasteiger partial charge in [0.25, 0.3) is 0 Å². The summed E-state index contributed by atoms with van der Waals surface area (Å²) in [5, 5.41) is 8.31. The number of nitrogens with one attached hydrogen (secondary N) is 2. The summed E-state index contributed by atoms with van der Waals surface area (Å²) in [6.07, 6.45) is 0.778. The Balaban J connectivity index is 4.58. The maximum absolute atomic E-state index is 12.3. The summed E-state index contributed by atoms with van der Waals surface area (Å²) in [5.41, 5.74) is 6.79. The summed E-state index contributed by atoms with van der Waals surface area (Å²) in [6.45, 7) is 10.5. The Morgan fingerprint density at radius 3 is 2.15 bits per heavy atom. The molecule has 0 saturated heterocycles. The predicted molar refractivity (Wildman–Crippen MR) is 99.9 cm³/mol. The first-order valence-electron chi connectivity index (χ1n) is 8.84. The molecule has 0 aromatic carbocycles. The van der Waals surface area contributed by atoms with E-state index in [0.29, 0.717) is 25.8 Å². The number of ether oxygens (including phenoxy) is 2. The average molecular weight is 385 g/mol. The highest BCUT2D eigenvalue weighted by Gasteiger charge is 2.28. The van der Waals surface area contributed by atoms with Crippen LogP contribution in [0.3, 0.4) is 0 Å². The molecule has 154 valence electrons. The first-order chi connectivity index (χ1) is 12.3. The normalized spacial score (nSPS) is 12.4. The van der Waals surface area contributed by atoms with Crippen molar-refractivity contribution >= 4 is 18.0 Å². The molecule has 0 aromatic heterocycles. The predicted octanol–water partition coefficient (Wildman–Crippen LogP) is 2.82. The lowest BCUT2D eigenvalue weighted by Gasteiger charge is -2.26. The minimum atomic E-state index is -0.849. The summed E-state index contributed by atoms with van der Waals surface area (Å²) in [7, 11) is 0. The van der Waals surface area contributed by atoms with E-state index >= 15 is 0 Å². The van der Waals surface area contributed by atoms with Crippen LogP contribution in [0.2, 0.25) is 0 Å². The first kappa shape index (κ1) is 24.5. The second kappa shape index (κ2) is 11.3. The third-order valence-electron chi connectivity index (χ3n) is 2.90. The van der Waals surface area contributed by atoms with E-state index in [1.165, 1.54) is 0 Å². The van der Waals surface area contributed by atoms with Crippen LogP contribution in [0.15, 0.2) is 5.11 Å². The molecule has 2 N–H and O–H groups in total. The van der Waals surface area contributed by atoms with Gasteiger partial charge in [-0.15, -0.1) is 0 Å². The van der Waals surface area contributed by atoms with E-state index in [4.69, 9.17) is 15.0 Å². The monoisotopic (exact) mass is 385 g/mol. The van der Waals surface area contributed by atoms with Gasteiger partial charge in [0.2, 0.25) is 5.91 Å². The van der Waals surface area contributed by atoms with Gasteiger partial charge in [-0.3, -0.25) is 4.79 Å². The molecule has 0 aliphatic heterocycles. The molecule has 2 amide bonds. The molecule has 27 heavy (non-hydrogen) atoms. The molecule has 0 unspecified atom stereocenters. The SMILES string of the molecule is CC(C)(C)OC(=O)N[C@@H](CCCCNC(=O)CN=[N+]=[N-])C(=O)OC(C)(C)C. The standard InChI is InChI=1S/C17H31N5O5/c1-16(2,3)26-14(24)12(21-15(25)27-17(4,5)6)9-7-8-10-19-13(23)11-20-22-18/h12H,7-11H2,1-6H3,(H,19,23)(H,21,25)/t12-/m0/s1. The maximum Gasteiger partial charge on any atom is 0.408 e. The number of azide groups is 1. The van der Waals surface area contributed by atoms with Crippen LogP contribution in [0.4, 0.5) is 4.79 Å². The topological polar surface area (TPSA) is 142 Å². The quantitative estimate of drug-likeness (QED) is 0.206. The number of nitrogens with zero attached hydrogens (tertiary/aromatic N) is 3. The minimum Gasteiger partial charge on any atom is -0.458 e. The van der Waals surface area contributed by atoms with Crippen molar-refractivity contribution in [3.8, 4) is 0 Å². The van der Waals surface area contributed by atoms with Crippen LogP contribution >= 0.6 is 0 Å². The molecule has 0 bridgehead atoms. The van der Waals surface area contributed by atoms with Crippen molar-refractivity contribution in [3.05, 3.63) is 10.4 Å². The molecule has 0 radical (unpaired) electrons. The number of amides is 2. The lowest BCUT2D eigenvalue weighted by Crippen LogP contribution is -2.46. The van der Waals surface area contributed by atoms with E-state index in [0.717, 1.165) is 0 Å². The fourth-order valence-electron chi connectivity index (χ4n) is 1.92. The summed E-state index contributed by atoms with van der Waals surface area (Å²) >= 11 is 0. The molecule has 0 spiro atoms. The Morgan fingerprint density at radius 1 is 1.04 bits per heavy atom. The van der Waals surface area contributed by atoms with Crippen LogP contribution in [-0.4, -0.2) is 48.3 Å². The first-order valence-corrected chi connectivity index (χ1v) is 8.84. The van der Waals surface area contributed by atoms with Gasteiger partial charge in [-0.05, 0) is 66.3 Å². The maximum atomic E-state index is 12.3. The number of unbranched alkanes of at least 4 members (excludes halogenated alkanes) is 1. The summed E-state index contributed by atoms with van der Waals surface area (Å²) in [6, 6.07) is -0.849. The molecule has 1 atom stereocenters. The van der Waals surface area contributed by atoms with E-state index in [1.54, 1.807) is 41.5 Å². The minimum absolute atomic E-state index is 0.253. The lowest BCUT2D eigenvalue weighted by atomic mass is 10.1. The number of hydrogen-bond donors (Lipinski definition) is 2. The zero-order chi connectivity index (χ0) is 21.1. The number of rotatable bonds is 9. The Labute approximate surface area is 160 Å². The second-order valence-corrected chi connectivity index (χ2v) is 7.97. The molecule has 0 aliphatic rings. The molecule has 0 rings (SSSR count). The molecule has 0 saturated carbocycles. The van der Waals surface area contributed by atoms with Gasteiger partial charge in [0.05, 0.1) is 0 Å². The third-order valence-corrected chi connectivity index (χ3v) is 2.90. The third kappa shape index (κ3) is 14.4. The summed E-state index contributed by atoms with van der Waals surface area (Å²) < 4.78 is 10.5. The van der Waals surface area contributed by atoms with Crippen LogP contribution in [-0.2, 0) is 19.1 Å². The van der Waals surface area contributed by atoms with Gasteiger partial charge < -0.3 is 20.1 Å². The van der Waals surface area contributed by atoms with Gasteiger partial charge in [-0.25, -0.2) is 9.59 Å². The van der Waals surface area contributed by atoms with Crippen molar-refractivity contribution in [1.29, 1.82) is 0 Å². The summed E-state index contributed by atoms with van der Waals surface area (Å²) in [4.78, 5) is 38.1. The van der Waals surface area contributed by atoms with Gasteiger partial charge in [0.1, 0.15) is 23.8 Å². The van der Waals surface area contributed by atoms with Gasteiger partial charge >= 0.3 is 12.1 Å². The average Bonchev–Trinajstić information content (AvgIpc) is 2.47. The van der Waals surface area contributed by atoms with E-state index in [-0.39, 0.29) is 12.5 Å². The molecule has 0 heterocycles. The van der Waals surface area contributed by atoms with Gasteiger partial charge in [0, 0.05) is 11.5 Å². The highest BCUT2D eigenvalue weighted by Crippen LogP contribution is 2.13. The molecule has 10 heteroatoms. The van der Waals surface area contributed by atoms with Crippen LogP contribution in [0.25, 0.3) is 10.4 Å². The zero-order valence-corrected chi connectivity index (χ0v) is 17.0. The smallest absolute Gasteiger partial charge is 0.408 e. The van der Waals surface area contributed by atoms with Crippen molar-refractivity contribution < 1.29 is 23.9 Å². The number of hydrogen-bond acceptors (Lipinski definition) is 6. The van der Waals surface area contributed by atoms with E-state index in [2.05, 4.69) is 20.7 Å². The van der Waals surface area contributed by atoms with Gasteiger partial charge in [-0.2, -0.15) is 0 Å². The molecule has 10 nitrogen and oxygen atoms in total. The number of carbonyl (C=O) groups excluding carboxylic acids is 3.